The molecule has 2 unspecified atom stereocenters. The minimum atomic E-state index is -3.48. The second-order valence-electron chi connectivity index (χ2n) is 7.72. The number of sulfonamides is 1. The number of hydrogen-bond acceptors (Lipinski definition) is 7. The molecule has 1 fully saturated rings. The van der Waals surface area contributed by atoms with E-state index in [9.17, 15) is 17.6 Å². The van der Waals surface area contributed by atoms with Gasteiger partial charge < -0.3 is 14.6 Å². The number of benzene rings is 1. The maximum absolute atomic E-state index is 13.7. The molecule has 0 saturated carbocycles. The Labute approximate surface area is 181 Å². The van der Waals surface area contributed by atoms with E-state index in [4.69, 9.17) is 9.26 Å². The third-order valence-electron chi connectivity index (χ3n) is 4.93. The highest BCUT2D eigenvalue weighted by Gasteiger charge is 2.30. The number of nitrogens with zero attached hydrogens (tertiary/aromatic N) is 3. The van der Waals surface area contributed by atoms with Gasteiger partial charge in [0.05, 0.1) is 18.0 Å². The highest BCUT2D eigenvalue weighted by Crippen LogP contribution is 2.19. The summed E-state index contributed by atoms with van der Waals surface area (Å²) in [6.45, 7) is 5.96. The highest BCUT2D eigenvalue weighted by molar-refractivity contribution is 7.89. The highest BCUT2D eigenvalue weighted by atomic mass is 32.2. The summed E-state index contributed by atoms with van der Waals surface area (Å²) in [5, 5.41) is 6.42. The van der Waals surface area contributed by atoms with Gasteiger partial charge in [-0.05, 0) is 32.4 Å². The molecule has 2 aromatic rings. The zero-order valence-electron chi connectivity index (χ0n) is 17.8. The average Bonchev–Trinajstić information content (AvgIpc) is 3.17. The van der Waals surface area contributed by atoms with E-state index in [-0.39, 0.29) is 60.8 Å². The Bertz CT molecular complexity index is 1020. The van der Waals surface area contributed by atoms with Crippen molar-refractivity contribution in [1.29, 1.82) is 0 Å². The first-order valence-electron chi connectivity index (χ1n) is 10.1. The molecule has 1 aromatic carbocycles. The summed E-state index contributed by atoms with van der Waals surface area (Å²) in [4.78, 5) is 16.2. The Kier molecular flexibility index (Phi) is 7.39. The summed E-state index contributed by atoms with van der Waals surface area (Å²) >= 11 is 0. The predicted octanol–water partition coefficient (Wildman–Crippen LogP) is 1.67. The largest absolute Gasteiger partial charge is 0.373 e. The van der Waals surface area contributed by atoms with Crippen molar-refractivity contribution < 1.29 is 26.9 Å². The first-order valence-corrected chi connectivity index (χ1v) is 11.7. The topological polar surface area (TPSA) is 115 Å². The first-order chi connectivity index (χ1) is 14.6. The van der Waals surface area contributed by atoms with Crippen LogP contribution >= 0.6 is 0 Å². The second-order valence-corrected chi connectivity index (χ2v) is 9.80. The van der Waals surface area contributed by atoms with Crippen LogP contribution in [-0.2, 0) is 26.0 Å². The van der Waals surface area contributed by atoms with Crippen molar-refractivity contribution in [3.05, 3.63) is 35.5 Å². The number of morpholine rings is 1. The minimum Gasteiger partial charge on any atom is -0.373 e. The number of nitrogens with one attached hydrogen (secondary N) is 1. The van der Waals surface area contributed by atoms with Gasteiger partial charge in [-0.2, -0.15) is 9.29 Å². The Morgan fingerprint density at radius 2 is 2.00 bits per heavy atom. The van der Waals surface area contributed by atoms with Crippen molar-refractivity contribution in [2.75, 3.05) is 25.4 Å². The molecule has 1 N–H and O–H groups in total. The van der Waals surface area contributed by atoms with Crippen LogP contribution in [0.2, 0.25) is 0 Å². The van der Waals surface area contributed by atoms with Gasteiger partial charge in [0.2, 0.25) is 27.6 Å². The Hall–Kier alpha value is -2.37. The fourth-order valence-electron chi connectivity index (χ4n) is 3.32. The number of aromatic nitrogens is 2. The molecule has 170 valence electrons. The van der Waals surface area contributed by atoms with Crippen LogP contribution in [0.4, 0.5) is 4.39 Å². The summed E-state index contributed by atoms with van der Waals surface area (Å²) < 4.78 is 50.7. The summed E-state index contributed by atoms with van der Waals surface area (Å²) in [7, 11) is -3.48. The predicted molar refractivity (Wildman–Crippen MR) is 111 cm³/mol. The summed E-state index contributed by atoms with van der Waals surface area (Å²) in [5.74, 6) is -0.370. The van der Waals surface area contributed by atoms with Crippen LogP contribution in [0, 0.1) is 12.7 Å². The van der Waals surface area contributed by atoms with Crippen LogP contribution in [0.3, 0.4) is 0 Å². The number of rotatable bonds is 8. The van der Waals surface area contributed by atoms with Crippen LogP contribution in [0.15, 0.2) is 22.7 Å². The maximum Gasteiger partial charge on any atom is 0.227 e. The van der Waals surface area contributed by atoms with E-state index >= 15 is 0 Å². The van der Waals surface area contributed by atoms with Crippen LogP contribution in [-0.4, -0.2) is 66.4 Å². The fraction of sp³-hybridized carbons (Fsp3) is 0.550. The third-order valence-corrected chi connectivity index (χ3v) is 6.73. The lowest BCUT2D eigenvalue weighted by atomic mass is 10.1. The van der Waals surface area contributed by atoms with E-state index in [0.29, 0.717) is 24.2 Å². The lowest BCUT2D eigenvalue weighted by molar-refractivity contribution is -0.121. The zero-order valence-corrected chi connectivity index (χ0v) is 18.6. The monoisotopic (exact) mass is 454 g/mol. The molecular weight excluding hydrogens is 427 g/mol. The molecule has 1 amide bonds. The van der Waals surface area contributed by atoms with E-state index in [1.807, 2.05) is 13.8 Å². The van der Waals surface area contributed by atoms with E-state index in [1.165, 1.54) is 10.4 Å². The van der Waals surface area contributed by atoms with Crippen molar-refractivity contribution in [3.63, 3.8) is 0 Å². The lowest BCUT2D eigenvalue weighted by Crippen LogP contribution is -2.49. The first kappa shape index (κ1) is 23.3. The van der Waals surface area contributed by atoms with Gasteiger partial charge in [-0.15, -0.1) is 0 Å². The molecule has 0 bridgehead atoms. The molecule has 1 aliphatic heterocycles. The smallest absolute Gasteiger partial charge is 0.227 e. The summed E-state index contributed by atoms with van der Waals surface area (Å²) in [6, 6.07) is 4.64. The van der Waals surface area contributed by atoms with Crippen LogP contribution in [0.5, 0.6) is 0 Å². The molecule has 1 saturated heterocycles. The van der Waals surface area contributed by atoms with Gasteiger partial charge in [-0.3, -0.25) is 4.79 Å². The second kappa shape index (κ2) is 9.84. The van der Waals surface area contributed by atoms with Crippen molar-refractivity contribution in [3.8, 4) is 11.4 Å². The standard InChI is InChI=1S/C20H27FN4O5S/c1-13-4-5-16(10-17(13)21)20-23-19(30-24-20)7-6-18(26)22-8-9-31(27,28)25-11-14(2)29-15(3)12-25/h4-5,10,14-15H,6-9,11-12H2,1-3H3,(H,22,26). The zero-order chi connectivity index (χ0) is 22.6. The molecule has 2 heterocycles. The molecular formula is C20H27FN4O5S. The van der Waals surface area contributed by atoms with Gasteiger partial charge in [-0.25, -0.2) is 12.8 Å². The molecule has 0 spiro atoms. The van der Waals surface area contributed by atoms with Gasteiger partial charge in [0.25, 0.3) is 0 Å². The number of aryl methyl sites for hydroxylation is 2. The molecule has 2 atom stereocenters. The van der Waals surface area contributed by atoms with Crippen LogP contribution in [0.1, 0.15) is 31.7 Å². The molecule has 3 rings (SSSR count). The van der Waals surface area contributed by atoms with E-state index in [0.717, 1.165) is 0 Å². The van der Waals surface area contributed by atoms with E-state index in [1.54, 1.807) is 19.1 Å². The lowest BCUT2D eigenvalue weighted by Gasteiger charge is -2.34. The van der Waals surface area contributed by atoms with E-state index < -0.39 is 10.0 Å². The van der Waals surface area contributed by atoms with Crippen molar-refractivity contribution in [2.24, 2.45) is 0 Å². The Morgan fingerprint density at radius 3 is 2.68 bits per heavy atom. The molecule has 1 aromatic heterocycles. The average molecular weight is 455 g/mol. The number of ether oxygens (including phenoxy) is 1. The molecule has 1 aliphatic rings. The number of hydrogen-bond donors (Lipinski definition) is 1. The van der Waals surface area contributed by atoms with Gasteiger partial charge in [0.1, 0.15) is 5.82 Å². The van der Waals surface area contributed by atoms with Crippen molar-refractivity contribution in [1.82, 2.24) is 19.8 Å². The molecule has 31 heavy (non-hydrogen) atoms. The normalized spacial score (nSPS) is 20.0. The number of halogens is 1. The number of carbonyl (C=O) groups is 1. The van der Waals surface area contributed by atoms with Gasteiger partial charge in [0.15, 0.2) is 0 Å². The van der Waals surface area contributed by atoms with Gasteiger partial charge in [0, 0.05) is 38.0 Å². The van der Waals surface area contributed by atoms with E-state index in [2.05, 4.69) is 15.5 Å². The van der Waals surface area contributed by atoms with Crippen LogP contribution < -0.4 is 5.32 Å². The van der Waals surface area contributed by atoms with Crippen LogP contribution in [0.25, 0.3) is 11.4 Å². The molecule has 9 nitrogen and oxygen atoms in total. The third kappa shape index (κ3) is 6.31. The maximum atomic E-state index is 13.7. The summed E-state index contributed by atoms with van der Waals surface area (Å²) in [6.07, 6.45) is -0.0683. The molecule has 0 aliphatic carbocycles. The minimum absolute atomic E-state index is 0.0129. The Balaban J connectivity index is 1.44. The van der Waals surface area contributed by atoms with Crippen molar-refractivity contribution >= 4 is 15.9 Å². The van der Waals surface area contributed by atoms with Gasteiger partial charge >= 0.3 is 0 Å². The Morgan fingerprint density at radius 1 is 1.29 bits per heavy atom. The number of amides is 1. The fourth-order valence-corrected chi connectivity index (χ4v) is 4.81. The summed E-state index contributed by atoms with van der Waals surface area (Å²) in [5.41, 5.74) is 1.00. The van der Waals surface area contributed by atoms with Crippen molar-refractivity contribution in [2.45, 2.75) is 45.8 Å². The quantitative estimate of drug-likeness (QED) is 0.645. The SMILES string of the molecule is Cc1ccc(-c2noc(CCC(=O)NCCS(=O)(=O)N3CC(C)OC(C)C3)n2)cc1F. The number of carbonyl (C=O) groups excluding carboxylic acids is 1. The molecule has 11 heteroatoms. The molecule has 0 radical (unpaired) electrons. The van der Waals surface area contributed by atoms with Gasteiger partial charge in [-0.1, -0.05) is 17.3 Å².